The van der Waals surface area contributed by atoms with Crippen LogP contribution in [0.3, 0.4) is 0 Å². The van der Waals surface area contributed by atoms with Crippen LogP contribution in [0.2, 0.25) is 0 Å². The number of alkyl halides is 3. The van der Waals surface area contributed by atoms with Crippen molar-refractivity contribution in [1.82, 2.24) is 0 Å². The van der Waals surface area contributed by atoms with Gasteiger partial charge in [-0.15, -0.1) is 0 Å². The molecule has 0 fully saturated rings. The zero-order valence-electron chi connectivity index (χ0n) is 19.9. The van der Waals surface area contributed by atoms with E-state index in [0.717, 1.165) is 33.1 Å². The molecule has 0 aromatic heterocycles. The summed E-state index contributed by atoms with van der Waals surface area (Å²) in [5, 5.41) is 3.39. The third-order valence-electron chi connectivity index (χ3n) is 7.70. The summed E-state index contributed by atoms with van der Waals surface area (Å²) in [6, 6.07) is 30.9. The minimum absolute atomic E-state index is 0.356. The fourth-order valence-corrected chi connectivity index (χ4v) is 9.95. The van der Waals surface area contributed by atoms with Crippen LogP contribution in [-0.2, 0) is 28.1 Å². The molecule has 1 spiro atoms. The van der Waals surface area contributed by atoms with Crippen molar-refractivity contribution in [3.8, 4) is 0 Å². The van der Waals surface area contributed by atoms with E-state index in [9.17, 15) is 21.6 Å². The summed E-state index contributed by atoms with van der Waals surface area (Å²) >= 11 is 0. The van der Waals surface area contributed by atoms with E-state index in [1.807, 2.05) is 42.5 Å². The van der Waals surface area contributed by atoms with Crippen molar-refractivity contribution >= 4 is 33.7 Å². The standard InChI is InChI=1S/C30H24F3O2PS/c31-30(32,33)37(34,35)26-16-8-10-22-18-20-29(28(22)26)19-17-21-9-7-15-25(27(21)29)36(23-11-3-1-4-12-23)24-13-5-2-6-14-24/h1-16H,17-20H2/t29-/m0/s1. The monoisotopic (exact) mass is 536 g/mol. The van der Waals surface area contributed by atoms with Crippen LogP contribution in [0.15, 0.2) is 102 Å². The number of sulfone groups is 1. The first-order valence-electron chi connectivity index (χ1n) is 12.2. The van der Waals surface area contributed by atoms with Crippen molar-refractivity contribution in [2.24, 2.45) is 0 Å². The lowest BCUT2D eigenvalue weighted by Gasteiger charge is -2.33. The maximum Gasteiger partial charge on any atom is 0.501 e. The quantitative estimate of drug-likeness (QED) is 0.304. The smallest absolute Gasteiger partial charge is 0.214 e. The highest BCUT2D eigenvalue weighted by Gasteiger charge is 2.54. The second kappa shape index (κ2) is 8.82. The lowest BCUT2D eigenvalue weighted by Crippen LogP contribution is -2.34. The van der Waals surface area contributed by atoms with Crippen LogP contribution in [0.4, 0.5) is 13.2 Å². The van der Waals surface area contributed by atoms with Crippen LogP contribution < -0.4 is 15.9 Å². The fourth-order valence-electron chi connectivity index (χ4n) is 6.24. The highest BCUT2D eigenvalue weighted by atomic mass is 32.2. The van der Waals surface area contributed by atoms with Gasteiger partial charge in [0.15, 0.2) is 0 Å². The molecule has 2 aliphatic carbocycles. The fraction of sp³-hybridized carbons (Fsp3) is 0.200. The Kier molecular flexibility index (Phi) is 5.81. The molecule has 1 atom stereocenters. The summed E-state index contributed by atoms with van der Waals surface area (Å²) in [5.41, 5.74) is -2.93. The average Bonchev–Trinajstić information content (AvgIpc) is 3.47. The minimum Gasteiger partial charge on any atom is -0.214 e. The lowest BCUT2D eigenvalue weighted by molar-refractivity contribution is -0.0436. The largest absolute Gasteiger partial charge is 0.501 e. The van der Waals surface area contributed by atoms with Gasteiger partial charge in [0, 0.05) is 5.41 Å². The van der Waals surface area contributed by atoms with E-state index in [0.29, 0.717) is 36.8 Å². The van der Waals surface area contributed by atoms with Gasteiger partial charge in [-0.1, -0.05) is 91.0 Å². The lowest BCUT2D eigenvalue weighted by atomic mass is 9.76. The maximum atomic E-state index is 13.8. The molecular weight excluding hydrogens is 512 g/mol. The zero-order chi connectivity index (χ0) is 25.8. The first-order valence-corrected chi connectivity index (χ1v) is 15.0. The van der Waals surface area contributed by atoms with E-state index in [2.05, 4.69) is 36.4 Å². The molecule has 37 heavy (non-hydrogen) atoms. The number of halogens is 3. The van der Waals surface area contributed by atoms with Crippen molar-refractivity contribution in [3.63, 3.8) is 0 Å². The molecule has 0 saturated carbocycles. The molecule has 188 valence electrons. The van der Waals surface area contributed by atoms with Gasteiger partial charge in [0.25, 0.3) is 9.84 Å². The topological polar surface area (TPSA) is 34.1 Å². The zero-order valence-corrected chi connectivity index (χ0v) is 21.6. The molecule has 0 heterocycles. The molecule has 2 nitrogen and oxygen atoms in total. The van der Waals surface area contributed by atoms with Gasteiger partial charge < -0.3 is 0 Å². The number of rotatable bonds is 4. The number of benzene rings is 4. The third-order valence-corrected chi connectivity index (χ3v) is 11.7. The van der Waals surface area contributed by atoms with Gasteiger partial charge in [0.1, 0.15) is 0 Å². The minimum atomic E-state index is -5.50. The molecule has 0 radical (unpaired) electrons. The van der Waals surface area contributed by atoms with Crippen molar-refractivity contribution in [2.45, 2.75) is 41.5 Å². The Morgan fingerprint density at radius 2 is 1.16 bits per heavy atom. The summed E-state index contributed by atoms with van der Waals surface area (Å²) in [4.78, 5) is -0.582. The Bertz CT molecular complexity index is 1540. The van der Waals surface area contributed by atoms with Crippen LogP contribution in [0.25, 0.3) is 0 Å². The molecule has 0 unspecified atom stereocenters. The second-order valence-electron chi connectivity index (χ2n) is 9.64. The van der Waals surface area contributed by atoms with E-state index in [1.165, 1.54) is 6.07 Å². The van der Waals surface area contributed by atoms with Gasteiger partial charge in [-0.25, -0.2) is 8.42 Å². The van der Waals surface area contributed by atoms with E-state index in [1.54, 1.807) is 6.07 Å². The van der Waals surface area contributed by atoms with Crippen LogP contribution in [-0.4, -0.2) is 13.9 Å². The summed E-state index contributed by atoms with van der Waals surface area (Å²) in [7, 11) is -6.51. The van der Waals surface area contributed by atoms with Crippen LogP contribution in [0, 0.1) is 0 Å². The van der Waals surface area contributed by atoms with Crippen LogP contribution in [0.5, 0.6) is 0 Å². The molecule has 4 aromatic rings. The van der Waals surface area contributed by atoms with Crippen LogP contribution >= 0.6 is 7.92 Å². The molecule has 0 N–H and O–H groups in total. The van der Waals surface area contributed by atoms with Gasteiger partial charge in [0.05, 0.1) is 4.90 Å². The summed E-state index contributed by atoms with van der Waals surface area (Å²) < 4.78 is 67.1. The number of hydrogen-bond donors (Lipinski definition) is 0. The molecule has 4 aromatic carbocycles. The van der Waals surface area contributed by atoms with Crippen molar-refractivity contribution < 1.29 is 21.6 Å². The predicted molar refractivity (Wildman–Crippen MR) is 142 cm³/mol. The molecule has 0 aliphatic heterocycles. The van der Waals surface area contributed by atoms with Crippen molar-refractivity contribution in [3.05, 3.63) is 119 Å². The second-order valence-corrected chi connectivity index (χ2v) is 13.7. The molecule has 7 heteroatoms. The summed E-state index contributed by atoms with van der Waals surface area (Å²) in [6.45, 7) is 0. The van der Waals surface area contributed by atoms with E-state index in [4.69, 9.17) is 0 Å². The highest BCUT2D eigenvalue weighted by Crippen LogP contribution is 2.56. The summed E-state index contributed by atoms with van der Waals surface area (Å²) in [6.07, 6.45) is 2.46. The summed E-state index contributed by atoms with van der Waals surface area (Å²) in [5.74, 6) is 0. The Balaban J connectivity index is 1.64. The van der Waals surface area contributed by atoms with Gasteiger partial charge in [-0.2, -0.15) is 13.2 Å². The Morgan fingerprint density at radius 1 is 0.649 bits per heavy atom. The Morgan fingerprint density at radius 3 is 1.70 bits per heavy atom. The first-order chi connectivity index (χ1) is 17.7. The predicted octanol–water partition coefficient (Wildman–Crippen LogP) is 5.92. The maximum absolute atomic E-state index is 13.8. The molecule has 0 saturated heterocycles. The van der Waals surface area contributed by atoms with Crippen molar-refractivity contribution in [2.75, 3.05) is 0 Å². The normalized spacial score (nSPS) is 18.8. The number of fused-ring (bicyclic) bond motifs is 4. The number of hydrogen-bond acceptors (Lipinski definition) is 2. The number of aryl methyl sites for hydroxylation is 2. The SMILES string of the molecule is O=S(=O)(c1cccc2c1[C@@]1(CCc3cccc(P(c4ccccc4)c4ccccc4)c31)CC2)C(F)(F)F. The van der Waals surface area contributed by atoms with Gasteiger partial charge in [0.2, 0.25) is 0 Å². The Hall–Kier alpha value is -2.95. The molecule has 2 aliphatic rings. The van der Waals surface area contributed by atoms with Gasteiger partial charge in [-0.05, 0) is 77.8 Å². The van der Waals surface area contributed by atoms with E-state index < -0.39 is 33.6 Å². The van der Waals surface area contributed by atoms with Crippen molar-refractivity contribution in [1.29, 1.82) is 0 Å². The van der Waals surface area contributed by atoms with Gasteiger partial charge in [-0.3, -0.25) is 0 Å². The molecular formula is C30H24F3O2PS. The first kappa shape index (κ1) is 24.4. The van der Waals surface area contributed by atoms with E-state index in [-0.39, 0.29) is 0 Å². The highest BCUT2D eigenvalue weighted by molar-refractivity contribution is 7.92. The molecule has 0 amide bonds. The Labute approximate surface area is 215 Å². The average molecular weight is 537 g/mol. The van der Waals surface area contributed by atoms with E-state index >= 15 is 0 Å². The molecule has 0 bridgehead atoms. The van der Waals surface area contributed by atoms with Crippen LogP contribution in [0.1, 0.15) is 35.1 Å². The van der Waals surface area contributed by atoms with Gasteiger partial charge >= 0.3 is 5.51 Å². The third kappa shape index (κ3) is 3.76. The molecule has 6 rings (SSSR count).